The molecule has 1 aromatic carbocycles. The molecule has 1 fully saturated rings. The number of hydrogen-bond donors (Lipinski definition) is 0. The number of carbonyl (C=O) groups excluding carboxylic acids is 1. The summed E-state index contributed by atoms with van der Waals surface area (Å²) in [4.78, 5) is 22.7. The average Bonchev–Trinajstić information content (AvgIpc) is 2.68. The van der Waals surface area contributed by atoms with Gasteiger partial charge in [0.25, 0.3) is 0 Å². The molecular weight excluding hydrogens is 242 g/mol. The number of nitrogens with zero attached hydrogens (tertiary/aromatic N) is 1. The summed E-state index contributed by atoms with van der Waals surface area (Å²) >= 11 is 0. The summed E-state index contributed by atoms with van der Waals surface area (Å²) in [6.07, 6.45) is 4.35. The lowest BCUT2D eigenvalue weighted by Crippen LogP contribution is -2.15. The normalized spacial score (nSPS) is 17.2. The van der Waals surface area contributed by atoms with Crippen molar-refractivity contribution < 1.29 is 9.21 Å². The number of hydrogen-bond acceptors (Lipinski definition) is 3. The van der Waals surface area contributed by atoms with E-state index < -0.39 is 0 Å². The van der Waals surface area contributed by atoms with E-state index in [0.717, 1.165) is 24.8 Å². The van der Waals surface area contributed by atoms with Crippen LogP contribution < -0.4 is 5.76 Å². The van der Waals surface area contributed by atoms with Crippen molar-refractivity contribution in [2.75, 3.05) is 0 Å². The van der Waals surface area contributed by atoms with E-state index in [0.29, 0.717) is 30.1 Å². The van der Waals surface area contributed by atoms with E-state index >= 15 is 0 Å². The van der Waals surface area contributed by atoms with Gasteiger partial charge in [-0.3, -0.25) is 9.36 Å². The van der Waals surface area contributed by atoms with Gasteiger partial charge in [-0.2, -0.15) is 0 Å². The standard InChI is InChI=1S/C15H17NO3/c1-16-13-7-4-11(9-14(13)19-15(16)18)8-10-2-5-12(17)6-3-10/h4,7,9-10H,2-3,5-6,8H2,1H3. The molecule has 3 rings (SSSR count). The Bertz CT molecular complexity index is 670. The number of fused-ring (bicyclic) bond motifs is 1. The predicted octanol–water partition coefficient (Wildman–Crippen LogP) is 2.43. The van der Waals surface area contributed by atoms with Crippen molar-refractivity contribution in [3.8, 4) is 0 Å². The first kappa shape index (κ1) is 12.2. The van der Waals surface area contributed by atoms with E-state index in [1.807, 2.05) is 18.2 Å². The number of aryl methyl sites for hydroxylation is 1. The van der Waals surface area contributed by atoms with Crippen LogP contribution in [0.2, 0.25) is 0 Å². The number of carbonyl (C=O) groups is 1. The third-order valence-electron chi connectivity index (χ3n) is 4.04. The molecule has 100 valence electrons. The fourth-order valence-corrected chi connectivity index (χ4v) is 2.84. The average molecular weight is 259 g/mol. The molecule has 0 N–H and O–H groups in total. The van der Waals surface area contributed by atoms with Crippen LogP contribution in [0, 0.1) is 5.92 Å². The Morgan fingerprint density at radius 2 is 2.00 bits per heavy atom. The topological polar surface area (TPSA) is 52.2 Å². The molecule has 19 heavy (non-hydrogen) atoms. The quantitative estimate of drug-likeness (QED) is 0.832. The van der Waals surface area contributed by atoms with Crippen LogP contribution in [0.3, 0.4) is 0 Å². The van der Waals surface area contributed by atoms with Gasteiger partial charge >= 0.3 is 5.76 Å². The van der Waals surface area contributed by atoms with Crippen LogP contribution in [-0.4, -0.2) is 10.4 Å². The van der Waals surface area contributed by atoms with Crippen molar-refractivity contribution >= 4 is 16.9 Å². The largest absolute Gasteiger partial charge is 0.419 e. The van der Waals surface area contributed by atoms with Crippen LogP contribution in [0.5, 0.6) is 0 Å². The monoisotopic (exact) mass is 259 g/mol. The lowest BCUT2D eigenvalue weighted by Gasteiger charge is -2.20. The second-order valence-corrected chi connectivity index (χ2v) is 5.42. The molecule has 1 aliphatic carbocycles. The molecule has 1 aliphatic rings. The third kappa shape index (κ3) is 2.35. The van der Waals surface area contributed by atoms with Gasteiger partial charge in [0.2, 0.25) is 0 Å². The van der Waals surface area contributed by atoms with Crippen LogP contribution in [0.1, 0.15) is 31.2 Å². The zero-order valence-corrected chi connectivity index (χ0v) is 11.0. The van der Waals surface area contributed by atoms with E-state index in [2.05, 4.69) is 0 Å². The number of benzene rings is 1. The molecule has 1 aromatic heterocycles. The molecule has 0 amide bonds. The Hall–Kier alpha value is -1.84. The van der Waals surface area contributed by atoms with Crippen molar-refractivity contribution in [3.63, 3.8) is 0 Å². The summed E-state index contributed by atoms with van der Waals surface area (Å²) in [5, 5.41) is 0. The van der Waals surface area contributed by atoms with E-state index in [1.165, 1.54) is 10.1 Å². The molecule has 0 bridgehead atoms. The Labute approximate surface area is 111 Å². The summed E-state index contributed by atoms with van der Waals surface area (Å²) in [5.74, 6) is 0.641. The molecule has 1 heterocycles. The summed E-state index contributed by atoms with van der Waals surface area (Å²) in [5.41, 5.74) is 2.66. The number of rotatable bonds is 2. The van der Waals surface area contributed by atoms with Gasteiger partial charge in [0.05, 0.1) is 5.52 Å². The van der Waals surface area contributed by atoms with Gasteiger partial charge < -0.3 is 4.42 Å². The zero-order chi connectivity index (χ0) is 13.4. The molecule has 0 aliphatic heterocycles. The minimum absolute atomic E-state index is 0.324. The molecule has 4 nitrogen and oxygen atoms in total. The van der Waals surface area contributed by atoms with Crippen LogP contribution in [0.15, 0.2) is 27.4 Å². The number of aromatic nitrogens is 1. The summed E-state index contributed by atoms with van der Waals surface area (Å²) in [6, 6.07) is 5.93. The highest BCUT2D eigenvalue weighted by Gasteiger charge is 2.19. The lowest BCUT2D eigenvalue weighted by atomic mass is 9.84. The van der Waals surface area contributed by atoms with E-state index in [4.69, 9.17) is 4.42 Å². The van der Waals surface area contributed by atoms with Crippen LogP contribution in [0.4, 0.5) is 0 Å². The minimum Gasteiger partial charge on any atom is -0.408 e. The van der Waals surface area contributed by atoms with Gasteiger partial charge in [0, 0.05) is 19.9 Å². The first-order chi connectivity index (χ1) is 9.13. The van der Waals surface area contributed by atoms with Gasteiger partial charge in [-0.05, 0) is 42.9 Å². The Balaban J connectivity index is 1.82. The predicted molar refractivity (Wildman–Crippen MR) is 72.1 cm³/mol. The van der Waals surface area contributed by atoms with Gasteiger partial charge in [0.15, 0.2) is 5.58 Å². The molecular formula is C15H17NO3. The second kappa shape index (κ2) is 4.68. The van der Waals surface area contributed by atoms with Crippen LogP contribution >= 0.6 is 0 Å². The van der Waals surface area contributed by atoms with Gasteiger partial charge in [-0.15, -0.1) is 0 Å². The van der Waals surface area contributed by atoms with Gasteiger partial charge in [-0.1, -0.05) is 6.07 Å². The van der Waals surface area contributed by atoms with Crippen LogP contribution in [-0.2, 0) is 18.3 Å². The van der Waals surface area contributed by atoms with E-state index in [9.17, 15) is 9.59 Å². The molecule has 0 spiro atoms. The lowest BCUT2D eigenvalue weighted by molar-refractivity contribution is -0.121. The maximum atomic E-state index is 11.4. The van der Waals surface area contributed by atoms with Crippen molar-refractivity contribution in [3.05, 3.63) is 34.3 Å². The molecule has 0 radical (unpaired) electrons. The third-order valence-corrected chi connectivity index (χ3v) is 4.04. The zero-order valence-electron chi connectivity index (χ0n) is 11.0. The SMILES string of the molecule is Cn1c(=O)oc2cc(CC3CCC(=O)CC3)ccc21. The van der Waals surface area contributed by atoms with Gasteiger partial charge in [0.1, 0.15) is 5.78 Å². The van der Waals surface area contributed by atoms with Crippen LogP contribution in [0.25, 0.3) is 11.1 Å². The van der Waals surface area contributed by atoms with E-state index in [-0.39, 0.29) is 5.76 Å². The highest BCUT2D eigenvalue weighted by atomic mass is 16.4. The number of ketones is 1. The molecule has 0 atom stereocenters. The Morgan fingerprint density at radius 3 is 2.74 bits per heavy atom. The minimum atomic E-state index is -0.324. The van der Waals surface area contributed by atoms with Crippen molar-refractivity contribution in [2.45, 2.75) is 32.1 Å². The molecule has 4 heteroatoms. The fourth-order valence-electron chi connectivity index (χ4n) is 2.84. The second-order valence-electron chi connectivity index (χ2n) is 5.42. The maximum absolute atomic E-state index is 11.4. The Kier molecular flexibility index (Phi) is 3.01. The Morgan fingerprint density at radius 1 is 1.26 bits per heavy atom. The summed E-state index contributed by atoms with van der Waals surface area (Å²) in [7, 11) is 1.71. The molecule has 1 saturated carbocycles. The van der Waals surface area contributed by atoms with Gasteiger partial charge in [-0.25, -0.2) is 4.79 Å². The number of Topliss-reactive ketones (excluding diaryl/α,β-unsaturated/α-hetero) is 1. The first-order valence-corrected chi connectivity index (χ1v) is 6.73. The van der Waals surface area contributed by atoms with Crippen molar-refractivity contribution in [2.24, 2.45) is 13.0 Å². The first-order valence-electron chi connectivity index (χ1n) is 6.73. The van der Waals surface area contributed by atoms with Crippen molar-refractivity contribution in [1.82, 2.24) is 4.57 Å². The summed E-state index contributed by atoms with van der Waals surface area (Å²) in [6.45, 7) is 0. The van der Waals surface area contributed by atoms with E-state index in [1.54, 1.807) is 7.05 Å². The maximum Gasteiger partial charge on any atom is 0.419 e. The van der Waals surface area contributed by atoms with Crippen molar-refractivity contribution in [1.29, 1.82) is 0 Å². The molecule has 0 saturated heterocycles. The highest BCUT2D eigenvalue weighted by molar-refractivity contribution is 5.79. The fraction of sp³-hybridized carbons (Fsp3) is 0.467. The molecule has 0 unspecified atom stereocenters. The molecule has 2 aromatic rings. The summed E-state index contributed by atoms with van der Waals surface area (Å²) < 4.78 is 6.71. The smallest absolute Gasteiger partial charge is 0.408 e. The highest BCUT2D eigenvalue weighted by Crippen LogP contribution is 2.26. The number of oxazole rings is 1.